The zero-order valence-electron chi connectivity index (χ0n) is 14.0. The lowest BCUT2D eigenvalue weighted by Crippen LogP contribution is -2.46. The van der Waals surface area contributed by atoms with Gasteiger partial charge in [0.2, 0.25) is 5.91 Å². The molecule has 1 amide bonds. The molecule has 0 atom stereocenters. The fourth-order valence-electron chi connectivity index (χ4n) is 3.19. The van der Waals surface area contributed by atoms with E-state index in [1.54, 1.807) is 6.08 Å². The maximum atomic E-state index is 11.2. The second-order valence-corrected chi connectivity index (χ2v) is 6.23. The topological polar surface area (TPSA) is 60.5 Å². The minimum Gasteiger partial charge on any atom is -0.368 e. The lowest BCUT2D eigenvalue weighted by Gasteiger charge is -2.36. The van der Waals surface area contributed by atoms with Gasteiger partial charge in [0, 0.05) is 43.6 Å². The normalized spacial score (nSPS) is 17.3. The van der Waals surface area contributed by atoms with E-state index in [9.17, 15) is 4.79 Å². The smallest absolute Gasteiger partial charge is 0.246 e. The minimum absolute atomic E-state index is 0.0524. The van der Waals surface area contributed by atoms with E-state index >= 15 is 0 Å². The van der Waals surface area contributed by atoms with Gasteiger partial charge in [-0.2, -0.15) is 0 Å². The van der Waals surface area contributed by atoms with Gasteiger partial charge in [-0.1, -0.05) is 18.2 Å². The third-order valence-corrected chi connectivity index (χ3v) is 4.54. The molecular weight excluding hydrogens is 314 g/mol. The minimum atomic E-state index is -0.0524. The Balaban J connectivity index is 1.35. The number of pyridine rings is 1. The molecule has 4 rings (SSSR count). The van der Waals surface area contributed by atoms with Crippen LogP contribution in [0.1, 0.15) is 0 Å². The monoisotopic (exact) mass is 335 g/mol. The highest BCUT2D eigenvalue weighted by Gasteiger charge is 2.18. The van der Waals surface area contributed by atoms with Gasteiger partial charge < -0.3 is 20.4 Å². The molecule has 0 spiro atoms. The molecule has 2 aliphatic heterocycles. The Labute approximate surface area is 147 Å². The number of hydrogen-bond donors (Lipinski definition) is 2. The highest BCUT2D eigenvalue weighted by molar-refractivity contribution is 5.91. The molecule has 6 heteroatoms. The van der Waals surface area contributed by atoms with Gasteiger partial charge >= 0.3 is 0 Å². The van der Waals surface area contributed by atoms with Crippen molar-refractivity contribution in [2.45, 2.75) is 0 Å². The number of piperazine rings is 1. The molecule has 2 aromatic rings. The van der Waals surface area contributed by atoms with E-state index in [1.165, 1.54) is 5.69 Å². The molecule has 2 N–H and O–H groups in total. The first kappa shape index (κ1) is 15.5. The molecule has 3 heterocycles. The van der Waals surface area contributed by atoms with E-state index < -0.39 is 0 Å². The van der Waals surface area contributed by atoms with E-state index in [4.69, 9.17) is 0 Å². The lowest BCUT2D eigenvalue weighted by molar-refractivity contribution is -0.115. The summed E-state index contributed by atoms with van der Waals surface area (Å²) in [6.07, 6.45) is 3.40. The van der Waals surface area contributed by atoms with E-state index in [0.29, 0.717) is 6.54 Å². The fraction of sp³-hybridized carbons (Fsp3) is 0.263. The van der Waals surface area contributed by atoms with E-state index in [1.807, 2.05) is 24.4 Å². The van der Waals surface area contributed by atoms with E-state index in [2.05, 4.69) is 49.7 Å². The third-order valence-electron chi connectivity index (χ3n) is 4.54. The summed E-state index contributed by atoms with van der Waals surface area (Å²) < 4.78 is 0. The van der Waals surface area contributed by atoms with Gasteiger partial charge in [-0.15, -0.1) is 0 Å². The Kier molecular flexibility index (Phi) is 4.24. The van der Waals surface area contributed by atoms with Crippen molar-refractivity contribution in [3.8, 4) is 0 Å². The Morgan fingerprint density at radius 3 is 2.36 bits per heavy atom. The van der Waals surface area contributed by atoms with Gasteiger partial charge in [0.15, 0.2) is 0 Å². The number of amides is 1. The summed E-state index contributed by atoms with van der Waals surface area (Å²) in [6.45, 7) is 4.44. The Morgan fingerprint density at radius 2 is 1.72 bits per heavy atom. The molecule has 0 unspecified atom stereocenters. The predicted octanol–water partition coefficient (Wildman–Crippen LogP) is 1.83. The fourth-order valence-corrected chi connectivity index (χ4v) is 3.19. The summed E-state index contributed by atoms with van der Waals surface area (Å²) in [5.74, 6) is 0.941. The number of nitrogens with zero attached hydrogens (tertiary/aromatic N) is 3. The maximum Gasteiger partial charge on any atom is 0.246 e. The lowest BCUT2D eigenvalue weighted by atomic mass is 10.2. The highest BCUT2D eigenvalue weighted by atomic mass is 16.1. The Hall–Kier alpha value is -3.02. The largest absolute Gasteiger partial charge is 0.368 e. The first-order valence-corrected chi connectivity index (χ1v) is 8.54. The predicted molar refractivity (Wildman–Crippen MR) is 99.8 cm³/mol. The van der Waals surface area contributed by atoms with Crippen LogP contribution in [0.25, 0.3) is 0 Å². The van der Waals surface area contributed by atoms with Crippen LogP contribution in [0.4, 0.5) is 17.2 Å². The molecule has 1 aromatic heterocycles. The van der Waals surface area contributed by atoms with Crippen LogP contribution in [-0.4, -0.2) is 43.6 Å². The Morgan fingerprint density at radius 1 is 0.960 bits per heavy atom. The summed E-state index contributed by atoms with van der Waals surface area (Å²) in [6, 6.07) is 14.6. The van der Waals surface area contributed by atoms with Crippen LogP contribution >= 0.6 is 0 Å². The molecule has 6 nitrogen and oxygen atoms in total. The average molecular weight is 335 g/mol. The number of carbonyl (C=O) groups is 1. The van der Waals surface area contributed by atoms with Crippen molar-refractivity contribution in [2.24, 2.45) is 0 Å². The number of carbonyl (C=O) groups excluding carboxylic acids is 1. The second kappa shape index (κ2) is 6.84. The number of nitrogens with one attached hydrogen (secondary N) is 2. The molecule has 0 saturated carbocycles. The first-order valence-electron chi connectivity index (χ1n) is 8.54. The maximum absolute atomic E-state index is 11.2. The second-order valence-electron chi connectivity index (χ2n) is 6.23. The van der Waals surface area contributed by atoms with E-state index in [0.717, 1.165) is 43.4 Å². The number of para-hydroxylation sites is 1. The van der Waals surface area contributed by atoms with Gasteiger partial charge in [0.05, 0.1) is 18.4 Å². The molecular formula is C19H21N5O. The summed E-state index contributed by atoms with van der Waals surface area (Å²) in [5.41, 5.74) is 3.05. The number of benzene rings is 1. The van der Waals surface area contributed by atoms with Crippen molar-refractivity contribution in [3.63, 3.8) is 0 Å². The molecule has 0 aliphatic carbocycles. The molecule has 2 aliphatic rings. The third kappa shape index (κ3) is 3.57. The van der Waals surface area contributed by atoms with Gasteiger partial charge in [-0.25, -0.2) is 4.98 Å². The van der Waals surface area contributed by atoms with Crippen molar-refractivity contribution in [2.75, 3.05) is 47.8 Å². The summed E-state index contributed by atoms with van der Waals surface area (Å²) >= 11 is 0. The van der Waals surface area contributed by atoms with Crippen LogP contribution in [0.5, 0.6) is 0 Å². The molecule has 0 bridgehead atoms. The first-order chi connectivity index (χ1) is 12.3. The van der Waals surface area contributed by atoms with Crippen molar-refractivity contribution in [3.05, 3.63) is 60.4 Å². The molecule has 1 fully saturated rings. The van der Waals surface area contributed by atoms with Crippen LogP contribution in [0.3, 0.4) is 0 Å². The quantitative estimate of drug-likeness (QED) is 0.893. The summed E-state index contributed by atoms with van der Waals surface area (Å²) in [7, 11) is 0. The zero-order valence-corrected chi connectivity index (χ0v) is 14.0. The highest BCUT2D eigenvalue weighted by Crippen LogP contribution is 2.20. The number of hydrogen-bond acceptors (Lipinski definition) is 5. The Bertz CT molecular complexity index is 764. The number of rotatable bonds is 4. The van der Waals surface area contributed by atoms with Crippen molar-refractivity contribution >= 4 is 23.1 Å². The number of anilines is 3. The van der Waals surface area contributed by atoms with E-state index in [-0.39, 0.29) is 5.91 Å². The summed E-state index contributed by atoms with van der Waals surface area (Å²) in [5, 5.41) is 5.96. The zero-order chi connectivity index (χ0) is 17.1. The average Bonchev–Trinajstić information content (AvgIpc) is 3.08. The van der Waals surface area contributed by atoms with Crippen LogP contribution in [0.15, 0.2) is 60.4 Å². The molecule has 1 saturated heterocycles. The standard InChI is InChI=1S/C19H21N5O/c25-19-12-16(14-21-19)22-15-6-7-18(20-13-15)24-10-8-23(9-11-24)17-4-2-1-3-5-17/h1-7,12-13,22H,8-11,14H2,(H,21,25). The summed E-state index contributed by atoms with van der Waals surface area (Å²) in [4.78, 5) is 20.5. The molecule has 25 heavy (non-hydrogen) atoms. The van der Waals surface area contributed by atoms with Gasteiger partial charge in [-0.05, 0) is 24.3 Å². The van der Waals surface area contributed by atoms with Crippen LogP contribution < -0.4 is 20.4 Å². The molecule has 0 radical (unpaired) electrons. The van der Waals surface area contributed by atoms with Crippen LogP contribution in [-0.2, 0) is 4.79 Å². The van der Waals surface area contributed by atoms with Gasteiger partial charge in [-0.3, -0.25) is 4.79 Å². The SMILES string of the molecule is O=C1C=C(Nc2ccc(N3CCN(c4ccccc4)CC3)nc2)CN1. The molecule has 1 aromatic carbocycles. The van der Waals surface area contributed by atoms with Gasteiger partial charge in [0.25, 0.3) is 0 Å². The van der Waals surface area contributed by atoms with Crippen LogP contribution in [0, 0.1) is 0 Å². The molecule has 128 valence electrons. The number of aromatic nitrogens is 1. The van der Waals surface area contributed by atoms with Crippen LogP contribution in [0.2, 0.25) is 0 Å². The van der Waals surface area contributed by atoms with Crippen molar-refractivity contribution < 1.29 is 4.79 Å². The van der Waals surface area contributed by atoms with Gasteiger partial charge in [0.1, 0.15) is 5.82 Å². The van der Waals surface area contributed by atoms with Crippen molar-refractivity contribution in [1.29, 1.82) is 0 Å². The van der Waals surface area contributed by atoms with Crippen molar-refractivity contribution in [1.82, 2.24) is 10.3 Å².